The predicted molar refractivity (Wildman–Crippen MR) is 103 cm³/mol. The summed E-state index contributed by atoms with van der Waals surface area (Å²) in [4.78, 5) is 29.0. The third kappa shape index (κ3) is 2.86. The Labute approximate surface area is 166 Å². The van der Waals surface area contributed by atoms with Crippen LogP contribution in [0.25, 0.3) is 0 Å². The number of piperidine rings is 1. The van der Waals surface area contributed by atoms with Gasteiger partial charge in [0.15, 0.2) is 0 Å². The van der Waals surface area contributed by atoms with E-state index in [2.05, 4.69) is 5.10 Å². The van der Waals surface area contributed by atoms with Crippen LogP contribution in [0.15, 0.2) is 12.3 Å². The number of amides is 2. The van der Waals surface area contributed by atoms with Crippen molar-refractivity contribution in [3.05, 3.63) is 18.0 Å². The highest BCUT2D eigenvalue weighted by Crippen LogP contribution is 2.50. The Morgan fingerprint density at radius 2 is 1.93 bits per heavy atom. The van der Waals surface area contributed by atoms with Gasteiger partial charge in [-0.25, -0.2) is 0 Å². The van der Waals surface area contributed by atoms with Gasteiger partial charge in [-0.3, -0.25) is 14.3 Å². The summed E-state index contributed by atoms with van der Waals surface area (Å²) in [5.41, 5.74) is 0.675. The molecule has 1 saturated carbocycles. The Balaban J connectivity index is 1.26. The Morgan fingerprint density at radius 3 is 2.64 bits per heavy atom. The number of fused-ring (bicyclic) bond motifs is 2. The lowest BCUT2D eigenvalue weighted by Gasteiger charge is -2.41. The molecule has 0 unspecified atom stereocenters. The fourth-order valence-electron chi connectivity index (χ4n) is 6.02. The van der Waals surface area contributed by atoms with Crippen molar-refractivity contribution in [1.82, 2.24) is 19.6 Å². The van der Waals surface area contributed by atoms with Crippen LogP contribution in [0.3, 0.4) is 0 Å². The van der Waals surface area contributed by atoms with Gasteiger partial charge in [0.2, 0.25) is 5.91 Å². The van der Waals surface area contributed by atoms with Crippen molar-refractivity contribution >= 4 is 11.8 Å². The zero-order valence-corrected chi connectivity index (χ0v) is 16.7. The van der Waals surface area contributed by atoms with Gasteiger partial charge in [-0.2, -0.15) is 5.10 Å². The highest BCUT2D eigenvalue weighted by atomic mass is 16.5. The SMILES string of the molecule is CC(=O)N1CC2(CCN(C(=O)c3ccn(C4CCCC4)n3)CC2)[C@H]2COC[C@H]21. The molecule has 3 saturated heterocycles. The van der Waals surface area contributed by atoms with E-state index in [0.29, 0.717) is 24.3 Å². The molecule has 1 aliphatic carbocycles. The van der Waals surface area contributed by atoms with Crippen LogP contribution in [0.2, 0.25) is 0 Å². The van der Waals surface area contributed by atoms with Crippen LogP contribution in [-0.4, -0.2) is 70.3 Å². The van der Waals surface area contributed by atoms with E-state index in [1.54, 1.807) is 6.92 Å². The number of aromatic nitrogens is 2. The zero-order valence-electron chi connectivity index (χ0n) is 16.7. The second-order valence-corrected chi connectivity index (χ2v) is 9.13. The molecule has 152 valence electrons. The van der Waals surface area contributed by atoms with E-state index in [4.69, 9.17) is 4.74 Å². The molecule has 0 radical (unpaired) electrons. The molecule has 1 spiro atoms. The number of carbonyl (C=O) groups is 2. The number of carbonyl (C=O) groups excluding carboxylic acids is 2. The average Bonchev–Trinajstić information content (AvgIpc) is 3.47. The Morgan fingerprint density at radius 1 is 1.18 bits per heavy atom. The van der Waals surface area contributed by atoms with Gasteiger partial charge >= 0.3 is 0 Å². The highest BCUT2D eigenvalue weighted by Gasteiger charge is 2.56. The number of likely N-dealkylation sites (tertiary alicyclic amines) is 2. The van der Waals surface area contributed by atoms with Crippen molar-refractivity contribution in [2.24, 2.45) is 11.3 Å². The minimum absolute atomic E-state index is 0.0484. The van der Waals surface area contributed by atoms with Gasteiger partial charge < -0.3 is 14.5 Å². The monoisotopic (exact) mass is 386 g/mol. The fourth-order valence-corrected chi connectivity index (χ4v) is 6.02. The third-order valence-electron chi connectivity index (χ3n) is 7.70. The molecule has 7 heteroatoms. The molecule has 4 aliphatic rings. The summed E-state index contributed by atoms with van der Waals surface area (Å²) in [5.74, 6) is 0.607. The first-order valence-corrected chi connectivity index (χ1v) is 10.8. The van der Waals surface area contributed by atoms with Crippen molar-refractivity contribution in [2.45, 2.75) is 57.5 Å². The summed E-state index contributed by atoms with van der Waals surface area (Å²) in [7, 11) is 0. The lowest BCUT2D eigenvalue weighted by Crippen LogP contribution is -2.47. The van der Waals surface area contributed by atoms with E-state index in [1.807, 2.05) is 26.7 Å². The Hall–Kier alpha value is -1.89. The van der Waals surface area contributed by atoms with E-state index < -0.39 is 0 Å². The maximum Gasteiger partial charge on any atom is 0.274 e. The van der Waals surface area contributed by atoms with E-state index in [1.165, 1.54) is 25.7 Å². The number of ether oxygens (including phenoxy) is 1. The van der Waals surface area contributed by atoms with Crippen molar-refractivity contribution in [1.29, 1.82) is 0 Å². The third-order valence-corrected chi connectivity index (χ3v) is 7.70. The topological polar surface area (TPSA) is 67.7 Å². The van der Waals surface area contributed by atoms with Crippen molar-refractivity contribution in [3.63, 3.8) is 0 Å². The van der Waals surface area contributed by atoms with Gasteiger partial charge in [0.1, 0.15) is 5.69 Å². The zero-order chi connectivity index (χ0) is 19.3. The highest BCUT2D eigenvalue weighted by molar-refractivity contribution is 5.92. The van der Waals surface area contributed by atoms with Gasteiger partial charge in [-0.15, -0.1) is 0 Å². The van der Waals surface area contributed by atoms with Gasteiger partial charge in [-0.05, 0) is 37.2 Å². The molecule has 5 rings (SSSR count). The molecule has 4 fully saturated rings. The van der Waals surface area contributed by atoms with E-state index >= 15 is 0 Å². The molecular weight excluding hydrogens is 356 g/mol. The second kappa shape index (κ2) is 6.87. The summed E-state index contributed by atoms with van der Waals surface area (Å²) in [6.45, 7) is 5.36. The van der Waals surface area contributed by atoms with Crippen LogP contribution in [0.4, 0.5) is 0 Å². The number of hydrogen-bond acceptors (Lipinski definition) is 4. The van der Waals surface area contributed by atoms with Gasteiger partial charge in [-0.1, -0.05) is 12.8 Å². The molecule has 3 aliphatic heterocycles. The Bertz CT molecular complexity index is 761. The molecule has 1 aromatic heterocycles. The smallest absolute Gasteiger partial charge is 0.274 e. The molecule has 0 bridgehead atoms. The van der Waals surface area contributed by atoms with E-state index in [0.717, 1.165) is 39.1 Å². The summed E-state index contributed by atoms with van der Waals surface area (Å²) < 4.78 is 7.72. The molecule has 0 aromatic carbocycles. The summed E-state index contributed by atoms with van der Waals surface area (Å²) in [5, 5.41) is 4.60. The minimum Gasteiger partial charge on any atom is -0.379 e. The second-order valence-electron chi connectivity index (χ2n) is 9.13. The maximum atomic E-state index is 13.0. The molecule has 0 N–H and O–H groups in total. The van der Waals surface area contributed by atoms with Crippen LogP contribution in [-0.2, 0) is 9.53 Å². The van der Waals surface area contributed by atoms with Gasteiger partial charge in [0.05, 0.1) is 25.3 Å². The summed E-state index contributed by atoms with van der Waals surface area (Å²) in [6.07, 6.45) is 8.69. The van der Waals surface area contributed by atoms with Gasteiger partial charge in [0, 0.05) is 38.7 Å². The molecule has 2 atom stereocenters. The van der Waals surface area contributed by atoms with E-state index in [9.17, 15) is 9.59 Å². The van der Waals surface area contributed by atoms with E-state index in [-0.39, 0.29) is 23.3 Å². The van der Waals surface area contributed by atoms with Crippen molar-refractivity contribution < 1.29 is 14.3 Å². The van der Waals surface area contributed by atoms with Crippen LogP contribution >= 0.6 is 0 Å². The lowest BCUT2D eigenvalue weighted by atomic mass is 9.70. The lowest BCUT2D eigenvalue weighted by molar-refractivity contribution is -0.130. The van der Waals surface area contributed by atoms with Crippen molar-refractivity contribution in [3.8, 4) is 0 Å². The number of nitrogens with zero attached hydrogens (tertiary/aromatic N) is 4. The predicted octanol–water partition coefficient (Wildman–Crippen LogP) is 2.10. The number of hydrogen-bond donors (Lipinski definition) is 0. The molecule has 1 aromatic rings. The van der Waals surface area contributed by atoms with Crippen LogP contribution in [0.1, 0.15) is 62.0 Å². The molecule has 28 heavy (non-hydrogen) atoms. The molecular formula is C21H30N4O3. The summed E-state index contributed by atoms with van der Waals surface area (Å²) in [6, 6.07) is 2.56. The normalized spacial score (nSPS) is 29.6. The molecule has 7 nitrogen and oxygen atoms in total. The van der Waals surface area contributed by atoms with Crippen LogP contribution in [0.5, 0.6) is 0 Å². The first-order valence-electron chi connectivity index (χ1n) is 10.8. The van der Waals surface area contributed by atoms with Gasteiger partial charge in [0.25, 0.3) is 5.91 Å². The molecule has 2 amide bonds. The summed E-state index contributed by atoms with van der Waals surface area (Å²) >= 11 is 0. The van der Waals surface area contributed by atoms with Crippen LogP contribution in [0, 0.1) is 11.3 Å². The van der Waals surface area contributed by atoms with Crippen molar-refractivity contribution in [2.75, 3.05) is 32.8 Å². The first kappa shape index (κ1) is 18.2. The first-order chi connectivity index (χ1) is 13.6. The number of rotatable bonds is 2. The maximum absolute atomic E-state index is 13.0. The largest absolute Gasteiger partial charge is 0.379 e. The quantitative estimate of drug-likeness (QED) is 0.781. The average molecular weight is 386 g/mol. The standard InChI is InChI=1S/C21H30N4O3/c1-15(26)24-14-21(17-12-28-13-19(17)24)7-10-23(11-8-21)20(27)18-6-9-25(22-18)16-4-2-3-5-16/h6,9,16-17,19H,2-5,7-8,10-14H2,1H3/t17-,19+/m0/s1. The Kier molecular flexibility index (Phi) is 4.45. The molecule has 4 heterocycles. The minimum atomic E-state index is 0.0484. The fraction of sp³-hybridized carbons (Fsp3) is 0.762. The van der Waals surface area contributed by atoms with Crippen LogP contribution < -0.4 is 0 Å².